The van der Waals surface area contributed by atoms with Crippen LogP contribution in [0.3, 0.4) is 0 Å². The van der Waals surface area contributed by atoms with Crippen molar-refractivity contribution in [2.24, 2.45) is 34.5 Å². The molecule has 1 heterocycles. The summed E-state index contributed by atoms with van der Waals surface area (Å²) in [6, 6.07) is 0. The minimum Gasteiger partial charge on any atom is -0.347 e. The van der Waals surface area contributed by atoms with E-state index < -0.39 is 0 Å². The number of Topliss-reactive ketones (excluding diaryl/α,β-unsaturated/α-hetero) is 1. The van der Waals surface area contributed by atoms with Crippen molar-refractivity contribution in [1.29, 1.82) is 0 Å². The van der Waals surface area contributed by atoms with Crippen molar-refractivity contribution >= 4 is 5.78 Å². The van der Waals surface area contributed by atoms with E-state index in [0.29, 0.717) is 17.1 Å². The lowest BCUT2D eigenvalue weighted by Crippen LogP contribution is -2.56. The van der Waals surface area contributed by atoms with Crippen LogP contribution in [-0.4, -0.2) is 24.8 Å². The highest BCUT2D eigenvalue weighted by Crippen LogP contribution is 2.69. The zero-order chi connectivity index (χ0) is 16.6. The van der Waals surface area contributed by atoms with Gasteiger partial charge in [0.25, 0.3) is 0 Å². The predicted molar refractivity (Wildman–Crippen MR) is 91.4 cm³/mol. The van der Waals surface area contributed by atoms with Crippen molar-refractivity contribution in [3.63, 3.8) is 0 Å². The van der Waals surface area contributed by atoms with Gasteiger partial charge < -0.3 is 9.47 Å². The van der Waals surface area contributed by atoms with Gasteiger partial charge in [0.1, 0.15) is 5.78 Å². The molecule has 3 heteroatoms. The Labute approximate surface area is 145 Å². The molecule has 1 saturated heterocycles. The van der Waals surface area contributed by atoms with Crippen molar-refractivity contribution < 1.29 is 14.3 Å². The zero-order valence-corrected chi connectivity index (χ0v) is 15.3. The second-order valence-electron chi connectivity index (χ2n) is 9.84. The summed E-state index contributed by atoms with van der Waals surface area (Å²) in [7, 11) is 0. The highest BCUT2D eigenvalue weighted by Gasteiger charge is 2.67. The Morgan fingerprint density at radius 1 is 0.917 bits per heavy atom. The molecule has 5 fully saturated rings. The highest BCUT2D eigenvalue weighted by molar-refractivity contribution is 5.79. The number of hydrogen-bond donors (Lipinski definition) is 0. The topological polar surface area (TPSA) is 35.5 Å². The van der Waals surface area contributed by atoms with Gasteiger partial charge in [0.15, 0.2) is 5.79 Å². The molecule has 0 bridgehead atoms. The lowest BCUT2D eigenvalue weighted by molar-refractivity contribution is -0.246. The van der Waals surface area contributed by atoms with E-state index in [9.17, 15) is 4.79 Å². The lowest BCUT2D eigenvalue weighted by atomic mass is 9.45. The standard InChI is InChI=1S/C21H32O3/c1-19-8-5-15(22)13-14(19)3-4-16-17(19)6-9-20(2)18(16)7-10-21(20)23-11-12-24-21/h14,16-18H,3-13H2,1-2H3/t14-,16?,17-,18-,19-,20?/m0/s1. The molecule has 24 heavy (non-hydrogen) atoms. The zero-order valence-electron chi connectivity index (χ0n) is 15.3. The summed E-state index contributed by atoms with van der Waals surface area (Å²) in [5, 5.41) is 0. The van der Waals surface area contributed by atoms with Gasteiger partial charge in [0.2, 0.25) is 0 Å². The monoisotopic (exact) mass is 332 g/mol. The Bertz CT molecular complexity index is 551. The van der Waals surface area contributed by atoms with Crippen LogP contribution in [0, 0.1) is 34.5 Å². The fourth-order valence-electron chi connectivity index (χ4n) is 7.93. The Hall–Kier alpha value is -0.410. The number of ether oxygens (including phenoxy) is 2. The Morgan fingerprint density at radius 2 is 1.67 bits per heavy atom. The van der Waals surface area contributed by atoms with E-state index in [-0.39, 0.29) is 11.2 Å². The van der Waals surface area contributed by atoms with E-state index in [1.807, 2.05) is 0 Å². The van der Waals surface area contributed by atoms with Gasteiger partial charge in [-0.25, -0.2) is 0 Å². The van der Waals surface area contributed by atoms with E-state index in [2.05, 4.69) is 13.8 Å². The molecule has 5 aliphatic rings. The first-order chi connectivity index (χ1) is 11.5. The molecular weight excluding hydrogens is 300 g/mol. The van der Waals surface area contributed by atoms with Crippen LogP contribution in [0.2, 0.25) is 0 Å². The Kier molecular flexibility index (Phi) is 3.34. The molecule has 0 radical (unpaired) electrons. The normalized spacial score (nSPS) is 52.8. The van der Waals surface area contributed by atoms with Crippen molar-refractivity contribution in [3.05, 3.63) is 0 Å². The van der Waals surface area contributed by atoms with Crippen LogP contribution in [0.4, 0.5) is 0 Å². The van der Waals surface area contributed by atoms with Crippen molar-refractivity contribution in [1.82, 2.24) is 0 Å². The van der Waals surface area contributed by atoms with Crippen LogP contribution >= 0.6 is 0 Å². The van der Waals surface area contributed by atoms with Crippen LogP contribution in [0.25, 0.3) is 0 Å². The molecule has 6 atom stereocenters. The van der Waals surface area contributed by atoms with Crippen LogP contribution in [0.5, 0.6) is 0 Å². The fourth-order valence-corrected chi connectivity index (χ4v) is 7.93. The van der Waals surface area contributed by atoms with E-state index >= 15 is 0 Å². The fraction of sp³-hybridized carbons (Fsp3) is 0.952. The molecule has 4 saturated carbocycles. The summed E-state index contributed by atoms with van der Waals surface area (Å²) >= 11 is 0. The quantitative estimate of drug-likeness (QED) is 0.662. The van der Waals surface area contributed by atoms with Crippen molar-refractivity contribution in [3.8, 4) is 0 Å². The Balaban J connectivity index is 1.46. The summed E-state index contributed by atoms with van der Waals surface area (Å²) < 4.78 is 12.5. The summed E-state index contributed by atoms with van der Waals surface area (Å²) in [6.45, 7) is 6.54. The largest absolute Gasteiger partial charge is 0.347 e. The average molecular weight is 332 g/mol. The number of ketones is 1. The minimum atomic E-state index is -0.275. The third-order valence-corrected chi connectivity index (χ3v) is 9.28. The number of fused-ring (bicyclic) bond motifs is 6. The van der Waals surface area contributed by atoms with Gasteiger partial charge in [-0.2, -0.15) is 0 Å². The molecule has 0 N–H and O–H groups in total. The molecule has 0 aromatic heterocycles. The highest BCUT2D eigenvalue weighted by atomic mass is 16.7. The minimum absolute atomic E-state index is 0.207. The molecule has 5 rings (SSSR count). The first kappa shape index (κ1) is 15.8. The average Bonchev–Trinajstić information content (AvgIpc) is 3.15. The molecule has 3 nitrogen and oxygen atoms in total. The maximum Gasteiger partial charge on any atom is 0.174 e. The summed E-state index contributed by atoms with van der Waals surface area (Å²) in [5.74, 6) is 3.29. The number of carbonyl (C=O) groups is 1. The van der Waals surface area contributed by atoms with Crippen LogP contribution in [0.15, 0.2) is 0 Å². The molecule has 1 spiro atoms. The lowest BCUT2D eigenvalue weighted by Gasteiger charge is -2.60. The van der Waals surface area contributed by atoms with Gasteiger partial charge in [-0.3, -0.25) is 4.79 Å². The molecule has 1 aliphatic heterocycles. The first-order valence-corrected chi connectivity index (χ1v) is 10.3. The summed E-state index contributed by atoms with van der Waals surface area (Å²) in [6.07, 6.45) is 10.3. The second-order valence-corrected chi connectivity index (χ2v) is 9.84. The maximum absolute atomic E-state index is 12.0. The molecular formula is C21H32O3. The van der Waals surface area contributed by atoms with E-state index in [0.717, 1.165) is 56.7 Å². The van der Waals surface area contributed by atoms with Crippen LogP contribution in [-0.2, 0) is 14.3 Å². The SMILES string of the molecule is CC12CC[C@H]3C(CC[C@H]4CC(=O)CC[C@@]43C)[C@@H]1CCC21OCCO1. The van der Waals surface area contributed by atoms with Gasteiger partial charge in [-0.05, 0) is 67.6 Å². The predicted octanol–water partition coefficient (Wildman–Crippen LogP) is 4.34. The van der Waals surface area contributed by atoms with E-state index in [1.54, 1.807) is 0 Å². The van der Waals surface area contributed by atoms with Gasteiger partial charge in [-0.1, -0.05) is 13.8 Å². The molecule has 2 unspecified atom stereocenters. The molecule has 0 aromatic rings. The second kappa shape index (κ2) is 5.07. The number of carbonyl (C=O) groups excluding carboxylic acids is 1. The number of rotatable bonds is 0. The van der Waals surface area contributed by atoms with E-state index in [4.69, 9.17) is 9.47 Å². The summed E-state index contributed by atoms with van der Waals surface area (Å²) in [5.41, 5.74) is 0.615. The van der Waals surface area contributed by atoms with Crippen molar-refractivity contribution in [2.45, 2.75) is 77.4 Å². The Morgan fingerprint density at radius 3 is 2.46 bits per heavy atom. The van der Waals surface area contributed by atoms with Crippen LogP contribution in [0.1, 0.15) is 71.6 Å². The van der Waals surface area contributed by atoms with E-state index in [1.165, 1.54) is 32.1 Å². The maximum atomic E-state index is 12.0. The van der Waals surface area contributed by atoms with Gasteiger partial charge in [-0.15, -0.1) is 0 Å². The molecule has 134 valence electrons. The molecule has 0 amide bonds. The van der Waals surface area contributed by atoms with Gasteiger partial charge in [0.05, 0.1) is 13.2 Å². The van der Waals surface area contributed by atoms with Crippen molar-refractivity contribution in [2.75, 3.05) is 13.2 Å². The van der Waals surface area contributed by atoms with Gasteiger partial charge in [0, 0.05) is 24.7 Å². The van der Waals surface area contributed by atoms with Crippen LogP contribution < -0.4 is 0 Å². The molecule has 4 aliphatic carbocycles. The molecule has 0 aromatic carbocycles. The summed E-state index contributed by atoms with van der Waals surface area (Å²) in [4.78, 5) is 12.0. The first-order valence-electron chi connectivity index (χ1n) is 10.3. The smallest absolute Gasteiger partial charge is 0.174 e. The third kappa shape index (κ3) is 1.84. The number of hydrogen-bond acceptors (Lipinski definition) is 3. The third-order valence-electron chi connectivity index (χ3n) is 9.28. The van der Waals surface area contributed by atoms with Gasteiger partial charge >= 0.3 is 0 Å².